The van der Waals surface area contributed by atoms with Crippen LogP contribution in [0.1, 0.15) is 24.8 Å². The lowest BCUT2D eigenvalue weighted by molar-refractivity contribution is -0.122. The van der Waals surface area contributed by atoms with Gasteiger partial charge in [-0.15, -0.1) is 0 Å². The van der Waals surface area contributed by atoms with Crippen molar-refractivity contribution in [2.75, 3.05) is 13.7 Å². The van der Waals surface area contributed by atoms with Crippen molar-refractivity contribution in [2.45, 2.75) is 31.8 Å². The number of H-pyrrole nitrogens is 1. The third kappa shape index (κ3) is 3.56. The molecule has 6 nitrogen and oxygen atoms in total. The summed E-state index contributed by atoms with van der Waals surface area (Å²) >= 11 is 0. The van der Waals surface area contributed by atoms with Crippen molar-refractivity contribution < 1.29 is 13.9 Å². The number of hydrogen-bond acceptors (Lipinski definition) is 4. The first kappa shape index (κ1) is 16.4. The molecule has 128 valence electrons. The number of amides is 1. The molecule has 0 saturated carbocycles. The molecule has 1 aliphatic heterocycles. The summed E-state index contributed by atoms with van der Waals surface area (Å²) in [5.41, 5.74) is 2.31. The largest absolute Gasteiger partial charge is 0.494 e. The molecule has 0 spiro atoms. The van der Waals surface area contributed by atoms with Crippen molar-refractivity contribution in [3.63, 3.8) is 0 Å². The second-order valence-electron chi connectivity index (χ2n) is 5.84. The molecule has 2 aromatic rings. The van der Waals surface area contributed by atoms with Gasteiger partial charge < -0.3 is 15.4 Å². The first-order chi connectivity index (χ1) is 11.7. The van der Waals surface area contributed by atoms with Gasteiger partial charge in [-0.2, -0.15) is 5.10 Å². The van der Waals surface area contributed by atoms with Gasteiger partial charge >= 0.3 is 0 Å². The predicted molar refractivity (Wildman–Crippen MR) is 88.0 cm³/mol. The van der Waals surface area contributed by atoms with Gasteiger partial charge in [0.1, 0.15) is 0 Å². The number of halogens is 1. The third-order valence-corrected chi connectivity index (χ3v) is 4.23. The quantitative estimate of drug-likeness (QED) is 0.782. The zero-order valence-corrected chi connectivity index (χ0v) is 13.6. The first-order valence-corrected chi connectivity index (χ1v) is 8.06. The number of benzene rings is 1. The molecule has 2 heterocycles. The predicted octanol–water partition coefficient (Wildman–Crippen LogP) is 1.98. The minimum absolute atomic E-state index is 0.0352. The smallest absolute Gasteiger partial charge is 0.237 e. The number of carbonyl (C=O) groups is 1. The summed E-state index contributed by atoms with van der Waals surface area (Å²) in [4.78, 5) is 12.0. The van der Waals surface area contributed by atoms with Gasteiger partial charge in [-0.05, 0) is 37.5 Å². The number of aromatic amines is 1. The highest BCUT2D eigenvalue weighted by Crippen LogP contribution is 2.26. The molecular weight excluding hydrogens is 311 g/mol. The van der Waals surface area contributed by atoms with Crippen molar-refractivity contribution in [1.82, 2.24) is 20.8 Å². The van der Waals surface area contributed by atoms with Gasteiger partial charge in [-0.25, -0.2) is 4.39 Å². The van der Waals surface area contributed by atoms with Crippen LogP contribution >= 0.6 is 0 Å². The van der Waals surface area contributed by atoms with E-state index in [0.29, 0.717) is 12.1 Å². The van der Waals surface area contributed by atoms with E-state index in [1.165, 1.54) is 13.2 Å². The molecule has 0 radical (unpaired) electrons. The van der Waals surface area contributed by atoms with Crippen molar-refractivity contribution in [3.05, 3.63) is 35.8 Å². The van der Waals surface area contributed by atoms with E-state index >= 15 is 0 Å². The summed E-state index contributed by atoms with van der Waals surface area (Å²) in [6, 6.07) is 4.57. The highest BCUT2D eigenvalue weighted by molar-refractivity contribution is 5.81. The van der Waals surface area contributed by atoms with Crippen LogP contribution in [0.5, 0.6) is 5.75 Å². The van der Waals surface area contributed by atoms with E-state index in [1.807, 2.05) is 0 Å². The van der Waals surface area contributed by atoms with Crippen LogP contribution in [-0.4, -0.2) is 35.8 Å². The van der Waals surface area contributed by atoms with E-state index in [0.717, 1.165) is 37.1 Å². The van der Waals surface area contributed by atoms with Crippen LogP contribution in [-0.2, 0) is 11.3 Å². The van der Waals surface area contributed by atoms with E-state index in [2.05, 4.69) is 20.8 Å². The van der Waals surface area contributed by atoms with Gasteiger partial charge in [0.25, 0.3) is 0 Å². The van der Waals surface area contributed by atoms with E-state index in [1.54, 1.807) is 18.3 Å². The Labute approximate surface area is 139 Å². The van der Waals surface area contributed by atoms with Gasteiger partial charge in [0, 0.05) is 24.2 Å². The van der Waals surface area contributed by atoms with E-state index in [9.17, 15) is 9.18 Å². The molecule has 1 atom stereocenters. The molecule has 1 fully saturated rings. The number of nitrogens with zero attached hydrogens (tertiary/aromatic N) is 1. The molecule has 1 saturated heterocycles. The Kier molecular flexibility index (Phi) is 5.10. The maximum absolute atomic E-state index is 13.9. The second kappa shape index (κ2) is 7.44. The summed E-state index contributed by atoms with van der Waals surface area (Å²) in [5, 5.41) is 13.1. The number of methoxy groups -OCH3 is 1. The van der Waals surface area contributed by atoms with Gasteiger partial charge in [0.05, 0.1) is 25.0 Å². The Bertz CT molecular complexity index is 716. The number of carbonyl (C=O) groups excluding carboxylic acids is 1. The minimum atomic E-state index is -0.424. The molecule has 3 rings (SSSR count). The topological polar surface area (TPSA) is 79.0 Å². The zero-order valence-electron chi connectivity index (χ0n) is 13.6. The summed E-state index contributed by atoms with van der Waals surface area (Å²) in [5.74, 6) is -0.187. The van der Waals surface area contributed by atoms with Crippen LogP contribution in [0.15, 0.2) is 24.4 Å². The Hall–Kier alpha value is -2.41. The first-order valence-electron chi connectivity index (χ1n) is 8.06. The fourth-order valence-electron chi connectivity index (χ4n) is 2.88. The Balaban J connectivity index is 1.73. The number of rotatable bonds is 5. The highest BCUT2D eigenvalue weighted by atomic mass is 19.1. The van der Waals surface area contributed by atoms with E-state index in [4.69, 9.17) is 4.74 Å². The number of nitrogens with one attached hydrogen (secondary N) is 3. The van der Waals surface area contributed by atoms with Crippen molar-refractivity contribution in [1.29, 1.82) is 0 Å². The number of hydrogen-bond donors (Lipinski definition) is 3. The molecule has 1 aliphatic rings. The van der Waals surface area contributed by atoms with Gasteiger partial charge in [-0.1, -0.05) is 0 Å². The normalized spacial score (nSPS) is 18.1. The number of aromatic nitrogens is 2. The Morgan fingerprint density at radius 3 is 3.08 bits per heavy atom. The van der Waals surface area contributed by atoms with Crippen LogP contribution in [0.4, 0.5) is 4.39 Å². The molecule has 7 heteroatoms. The lowest BCUT2D eigenvalue weighted by atomic mass is 10.1. The monoisotopic (exact) mass is 332 g/mol. The molecule has 1 aromatic carbocycles. The van der Waals surface area contributed by atoms with Crippen LogP contribution in [0.2, 0.25) is 0 Å². The molecule has 0 aliphatic carbocycles. The highest BCUT2D eigenvalue weighted by Gasteiger charge is 2.20. The van der Waals surface area contributed by atoms with Crippen LogP contribution in [0, 0.1) is 5.82 Å². The van der Waals surface area contributed by atoms with E-state index in [-0.39, 0.29) is 17.7 Å². The zero-order chi connectivity index (χ0) is 16.9. The molecule has 3 N–H and O–H groups in total. The average Bonchev–Trinajstić information content (AvgIpc) is 2.96. The molecule has 24 heavy (non-hydrogen) atoms. The van der Waals surface area contributed by atoms with Crippen LogP contribution in [0.3, 0.4) is 0 Å². The summed E-state index contributed by atoms with van der Waals surface area (Å²) in [6.45, 7) is 1.22. The minimum Gasteiger partial charge on any atom is -0.494 e. The third-order valence-electron chi connectivity index (χ3n) is 4.23. The fraction of sp³-hybridized carbons (Fsp3) is 0.412. The van der Waals surface area contributed by atoms with Crippen LogP contribution in [0.25, 0.3) is 11.3 Å². The van der Waals surface area contributed by atoms with Gasteiger partial charge in [0.15, 0.2) is 11.6 Å². The van der Waals surface area contributed by atoms with Gasteiger partial charge in [-0.3, -0.25) is 9.89 Å². The second-order valence-corrected chi connectivity index (χ2v) is 5.84. The molecule has 1 amide bonds. The average molecular weight is 332 g/mol. The Morgan fingerprint density at radius 2 is 2.29 bits per heavy atom. The Morgan fingerprint density at radius 1 is 1.42 bits per heavy atom. The molecule has 0 bridgehead atoms. The summed E-state index contributed by atoms with van der Waals surface area (Å²) in [7, 11) is 1.43. The molecular formula is C17H21FN4O2. The van der Waals surface area contributed by atoms with Crippen molar-refractivity contribution in [3.8, 4) is 17.0 Å². The maximum atomic E-state index is 13.9. The molecule has 1 aromatic heterocycles. The fourth-order valence-corrected chi connectivity index (χ4v) is 2.88. The molecule has 0 unspecified atom stereocenters. The van der Waals surface area contributed by atoms with Crippen LogP contribution < -0.4 is 15.4 Å². The standard InChI is InChI=1S/C17H21FN4O2/c1-24-15-6-5-11(8-13(15)18)16-12(10-21-22-16)9-20-14-4-2-3-7-19-17(14)23/h5-6,8,10,14,20H,2-4,7,9H2,1H3,(H,19,23)(H,21,22)/t14-/m0/s1. The SMILES string of the molecule is COc1ccc(-c2[nH]ncc2CN[C@H]2CCCCNC2=O)cc1F. The number of ether oxygens (including phenoxy) is 1. The van der Waals surface area contributed by atoms with E-state index < -0.39 is 5.82 Å². The van der Waals surface area contributed by atoms with Crippen molar-refractivity contribution in [2.24, 2.45) is 0 Å². The lowest BCUT2D eigenvalue weighted by Gasteiger charge is -2.15. The van der Waals surface area contributed by atoms with Crippen molar-refractivity contribution >= 4 is 5.91 Å². The van der Waals surface area contributed by atoms with Gasteiger partial charge in [0.2, 0.25) is 5.91 Å². The lowest BCUT2D eigenvalue weighted by Crippen LogP contribution is -2.42. The summed E-state index contributed by atoms with van der Waals surface area (Å²) < 4.78 is 18.9. The maximum Gasteiger partial charge on any atom is 0.237 e. The summed E-state index contributed by atoms with van der Waals surface area (Å²) in [6.07, 6.45) is 4.53.